The van der Waals surface area contributed by atoms with E-state index in [0.29, 0.717) is 24.5 Å². The number of nitrogens with zero attached hydrogens (tertiary/aromatic N) is 2. The summed E-state index contributed by atoms with van der Waals surface area (Å²) in [4.78, 5) is 16.9. The molecule has 25 heavy (non-hydrogen) atoms. The van der Waals surface area contributed by atoms with Crippen LogP contribution < -0.4 is 5.32 Å². The zero-order valence-electron chi connectivity index (χ0n) is 14.2. The summed E-state index contributed by atoms with van der Waals surface area (Å²) >= 11 is 1.37. The third-order valence-electron chi connectivity index (χ3n) is 4.31. The number of benzene rings is 1. The van der Waals surface area contributed by atoms with Crippen LogP contribution in [0.5, 0.6) is 0 Å². The number of hydrogen-bond donors (Lipinski definition) is 1. The van der Waals surface area contributed by atoms with Crippen molar-refractivity contribution in [3.63, 3.8) is 0 Å². The molecule has 1 aromatic heterocycles. The van der Waals surface area contributed by atoms with Crippen molar-refractivity contribution in [1.82, 2.24) is 9.29 Å². The fraction of sp³-hybridized carbons (Fsp3) is 0.412. The van der Waals surface area contributed by atoms with Crippen LogP contribution in [0.2, 0.25) is 0 Å². The van der Waals surface area contributed by atoms with Crippen LogP contribution in [0.4, 0.5) is 5.13 Å². The molecule has 0 saturated carbocycles. The molecule has 2 heterocycles. The van der Waals surface area contributed by atoms with E-state index < -0.39 is 10.0 Å². The molecule has 1 aliphatic rings. The number of hydrogen-bond acceptors (Lipinski definition) is 5. The first kappa shape index (κ1) is 18.0. The number of carbonyl (C=O) groups is 1. The van der Waals surface area contributed by atoms with Crippen molar-refractivity contribution in [2.24, 2.45) is 5.92 Å². The van der Waals surface area contributed by atoms with Crippen LogP contribution in [0.3, 0.4) is 0 Å². The van der Waals surface area contributed by atoms with Crippen molar-refractivity contribution in [2.45, 2.75) is 19.8 Å². The lowest BCUT2D eigenvalue weighted by Gasteiger charge is -2.29. The second-order valence-electron chi connectivity index (χ2n) is 6.35. The smallest absolute Gasteiger partial charge is 0.230 e. The quantitative estimate of drug-likeness (QED) is 0.886. The Bertz CT molecular complexity index is 860. The molecule has 1 saturated heterocycles. The molecule has 1 atom stereocenters. The Labute approximate surface area is 151 Å². The van der Waals surface area contributed by atoms with Gasteiger partial charge in [0.1, 0.15) is 0 Å². The highest BCUT2D eigenvalue weighted by atomic mass is 32.2. The highest BCUT2D eigenvalue weighted by Gasteiger charge is 2.30. The lowest BCUT2D eigenvalue weighted by Crippen LogP contribution is -2.43. The molecule has 1 fully saturated rings. The standard InChI is InChI=1S/C17H21N3O3S2/c1-12-5-7-13(8-6-12)15-11-24-17(18-15)19-16(21)14-4-3-9-20(10-14)25(2,22)23/h5-8,11,14H,3-4,9-10H2,1-2H3,(H,18,19,21). The molecule has 6 nitrogen and oxygen atoms in total. The Morgan fingerprint density at radius 2 is 2.04 bits per heavy atom. The van der Waals surface area contributed by atoms with Crippen LogP contribution in [0.1, 0.15) is 18.4 Å². The van der Waals surface area contributed by atoms with E-state index in [1.54, 1.807) is 0 Å². The van der Waals surface area contributed by atoms with Crippen LogP contribution in [0.25, 0.3) is 11.3 Å². The predicted octanol–water partition coefficient (Wildman–Crippen LogP) is 2.73. The Kier molecular flexibility index (Phi) is 5.21. The number of aromatic nitrogens is 1. The molecule has 0 radical (unpaired) electrons. The summed E-state index contributed by atoms with van der Waals surface area (Å²) in [6.45, 7) is 2.75. The first-order valence-electron chi connectivity index (χ1n) is 8.11. The van der Waals surface area contributed by atoms with E-state index in [-0.39, 0.29) is 18.4 Å². The average Bonchev–Trinajstić information content (AvgIpc) is 3.03. The summed E-state index contributed by atoms with van der Waals surface area (Å²) in [5.41, 5.74) is 3.00. The van der Waals surface area contributed by atoms with Crippen molar-refractivity contribution in [2.75, 3.05) is 24.7 Å². The average molecular weight is 380 g/mol. The maximum absolute atomic E-state index is 12.5. The first-order chi connectivity index (χ1) is 11.8. The summed E-state index contributed by atoms with van der Waals surface area (Å²) in [6, 6.07) is 8.05. The second-order valence-corrected chi connectivity index (χ2v) is 9.19. The van der Waals surface area contributed by atoms with Crippen molar-refractivity contribution in [3.8, 4) is 11.3 Å². The Morgan fingerprint density at radius 3 is 2.72 bits per heavy atom. The van der Waals surface area contributed by atoms with Gasteiger partial charge in [0.25, 0.3) is 0 Å². The molecule has 0 bridgehead atoms. The zero-order valence-corrected chi connectivity index (χ0v) is 15.9. The number of anilines is 1. The highest BCUT2D eigenvalue weighted by molar-refractivity contribution is 7.88. The number of sulfonamides is 1. The summed E-state index contributed by atoms with van der Waals surface area (Å²) in [6.07, 6.45) is 2.56. The van der Waals surface area contributed by atoms with E-state index >= 15 is 0 Å². The minimum atomic E-state index is -3.26. The van der Waals surface area contributed by atoms with Gasteiger partial charge in [-0.15, -0.1) is 11.3 Å². The van der Waals surface area contributed by atoms with Crippen LogP contribution in [-0.2, 0) is 14.8 Å². The maximum atomic E-state index is 12.5. The van der Waals surface area contributed by atoms with Crippen molar-refractivity contribution in [3.05, 3.63) is 35.2 Å². The first-order valence-corrected chi connectivity index (χ1v) is 10.8. The number of rotatable bonds is 4. The van der Waals surface area contributed by atoms with Crippen molar-refractivity contribution in [1.29, 1.82) is 0 Å². The van der Waals surface area contributed by atoms with Gasteiger partial charge >= 0.3 is 0 Å². The van der Waals surface area contributed by atoms with E-state index in [4.69, 9.17) is 0 Å². The third kappa shape index (κ3) is 4.45. The van der Waals surface area contributed by atoms with Gasteiger partial charge in [0, 0.05) is 24.0 Å². The normalized spacial score (nSPS) is 18.9. The van der Waals surface area contributed by atoms with Gasteiger partial charge in [0.15, 0.2) is 5.13 Å². The monoisotopic (exact) mass is 379 g/mol. The van der Waals surface area contributed by atoms with Crippen LogP contribution in [-0.4, -0.2) is 43.0 Å². The van der Waals surface area contributed by atoms with Gasteiger partial charge in [0.2, 0.25) is 15.9 Å². The number of nitrogens with one attached hydrogen (secondary N) is 1. The van der Waals surface area contributed by atoms with Gasteiger partial charge in [-0.05, 0) is 19.8 Å². The predicted molar refractivity (Wildman–Crippen MR) is 100 cm³/mol. The van der Waals surface area contributed by atoms with E-state index in [1.807, 2.05) is 36.6 Å². The lowest BCUT2D eigenvalue weighted by molar-refractivity contribution is -0.120. The molecule has 1 aromatic carbocycles. The van der Waals surface area contributed by atoms with Gasteiger partial charge in [-0.1, -0.05) is 29.8 Å². The number of aryl methyl sites for hydroxylation is 1. The highest BCUT2D eigenvalue weighted by Crippen LogP contribution is 2.26. The topological polar surface area (TPSA) is 79.4 Å². The summed E-state index contributed by atoms with van der Waals surface area (Å²) < 4.78 is 24.7. The molecule has 2 aromatic rings. The molecule has 8 heteroatoms. The third-order valence-corrected chi connectivity index (χ3v) is 6.33. The van der Waals surface area contributed by atoms with Crippen molar-refractivity contribution < 1.29 is 13.2 Å². The summed E-state index contributed by atoms with van der Waals surface area (Å²) in [5, 5.41) is 5.28. The van der Waals surface area contributed by atoms with Gasteiger partial charge in [0.05, 0.1) is 17.9 Å². The van der Waals surface area contributed by atoms with E-state index in [1.165, 1.54) is 27.5 Å². The summed E-state index contributed by atoms with van der Waals surface area (Å²) in [5.74, 6) is -0.506. The van der Waals surface area contributed by atoms with Gasteiger partial charge in [-0.2, -0.15) is 0 Å². The van der Waals surface area contributed by atoms with Crippen molar-refractivity contribution >= 4 is 32.4 Å². The van der Waals surface area contributed by atoms with Gasteiger partial charge in [-0.3, -0.25) is 4.79 Å². The SMILES string of the molecule is Cc1ccc(-c2csc(NC(=O)C3CCCN(S(C)(=O)=O)C3)n2)cc1. The molecule has 1 unspecified atom stereocenters. The number of piperidine rings is 1. The lowest BCUT2D eigenvalue weighted by atomic mass is 9.99. The number of amides is 1. The fourth-order valence-electron chi connectivity index (χ4n) is 2.85. The van der Waals surface area contributed by atoms with Gasteiger partial charge in [-0.25, -0.2) is 17.7 Å². The molecular formula is C17H21N3O3S2. The minimum absolute atomic E-state index is 0.168. The summed E-state index contributed by atoms with van der Waals surface area (Å²) in [7, 11) is -3.26. The Morgan fingerprint density at radius 1 is 1.32 bits per heavy atom. The molecule has 134 valence electrons. The molecule has 1 N–H and O–H groups in total. The fourth-order valence-corrected chi connectivity index (χ4v) is 4.49. The molecule has 0 aliphatic carbocycles. The second kappa shape index (κ2) is 7.23. The Hall–Kier alpha value is -1.77. The molecular weight excluding hydrogens is 358 g/mol. The minimum Gasteiger partial charge on any atom is -0.302 e. The van der Waals surface area contributed by atoms with E-state index in [9.17, 15) is 13.2 Å². The molecule has 1 aliphatic heterocycles. The van der Waals surface area contributed by atoms with E-state index in [0.717, 1.165) is 11.3 Å². The molecule has 3 rings (SSSR count). The van der Waals surface area contributed by atoms with Gasteiger partial charge < -0.3 is 5.32 Å². The molecule has 0 spiro atoms. The number of thiazole rings is 1. The van der Waals surface area contributed by atoms with Crippen LogP contribution in [0, 0.1) is 12.8 Å². The molecule has 1 amide bonds. The zero-order chi connectivity index (χ0) is 18.0. The van der Waals surface area contributed by atoms with Crippen LogP contribution >= 0.6 is 11.3 Å². The largest absolute Gasteiger partial charge is 0.302 e. The number of carbonyl (C=O) groups excluding carboxylic acids is 1. The Balaban J connectivity index is 1.66. The van der Waals surface area contributed by atoms with E-state index in [2.05, 4.69) is 10.3 Å². The maximum Gasteiger partial charge on any atom is 0.230 e. The van der Waals surface area contributed by atoms with Crippen LogP contribution in [0.15, 0.2) is 29.6 Å².